The fourth-order valence-electron chi connectivity index (χ4n) is 1.42. The Bertz CT molecular complexity index is 537. The van der Waals surface area contributed by atoms with E-state index in [0.29, 0.717) is 5.69 Å². The Morgan fingerprint density at radius 2 is 1.79 bits per heavy atom. The molecule has 7 heteroatoms. The molecule has 0 saturated heterocycles. The van der Waals surface area contributed by atoms with Gasteiger partial charge in [0.2, 0.25) is 10.0 Å². The van der Waals surface area contributed by atoms with Gasteiger partial charge in [-0.3, -0.25) is 0 Å². The van der Waals surface area contributed by atoms with Gasteiger partial charge in [-0.2, -0.15) is 0 Å². The largest absolute Gasteiger partial charge is 0.467 e. The number of methoxy groups -OCH3 is 1. The van der Waals surface area contributed by atoms with E-state index in [-0.39, 0.29) is 10.9 Å². The average Bonchev–Trinajstić information content (AvgIpc) is 2.38. The van der Waals surface area contributed by atoms with Crippen LogP contribution in [-0.4, -0.2) is 45.9 Å². The van der Waals surface area contributed by atoms with Crippen molar-refractivity contribution in [1.29, 1.82) is 0 Å². The van der Waals surface area contributed by atoms with Gasteiger partial charge in [0, 0.05) is 19.8 Å². The quantitative estimate of drug-likeness (QED) is 0.814. The van der Waals surface area contributed by atoms with Crippen LogP contribution >= 0.6 is 0 Å². The van der Waals surface area contributed by atoms with E-state index in [0.717, 1.165) is 4.31 Å². The lowest BCUT2D eigenvalue weighted by Crippen LogP contribution is -2.27. The summed E-state index contributed by atoms with van der Waals surface area (Å²) in [5.74, 6) is -0.384. The van der Waals surface area contributed by atoms with E-state index in [2.05, 4.69) is 10.1 Å². The predicted octanol–water partition coefficient (Wildman–Crippen LogP) is 0.910. The zero-order valence-corrected chi connectivity index (χ0v) is 12.2. The van der Waals surface area contributed by atoms with E-state index in [1.54, 1.807) is 19.1 Å². The number of nitrogens with one attached hydrogen (secondary N) is 1. The third kappa shape index (κ3) is 3.68. The van der Waals surface area contributed by atoms with Crippen molar-refractivity contribution in [3.05, 3.63) is 24.3 Å². The van der Waals surface area contributed by atoms with E-state index in [1.165, 1.54) is 33.3 Å². The van der Waals surface area contributed by atoms with Gasteiger partial charge in [0.25, 0.3) is 0 Å². The predicted molar refractivity (Wildman–Crippen MR) is 72.4 cm³/mol. The fraction of sp³-hybridized carbons (Fsp3) is 0.417. The van der Waals surface area contributed by atoms with E-state index >= 15 is 0 Å². The average molecular weight is 286 g/mol. The Balaban J connectivity index is 2.86. The van der Waals surface area contributed by atoms with Gasteiger partial charge in [-0.05, 0) is 31.2 Å². The summed E-state index contributed by atoms with van der Waals surface area (Å²) in [5.41, 5.74) is 0.649. The van der Waals surface area contributed by atoms with Crippen molar-refractivity contribution >= 4 is 21.7 Å². The fourth-order valence-corrected chi connectivity index (χ4v) is 2.32. The third-order valence-corrected chi connectivity index (χ3v) is 4.40. The summed E-state index contributed by atoms with van der Waals surface area (Å²) in [7, 11) is 0.830. The molecule has 1 rings (SSSR count). The minimum absolute atomic E-state index is 0.203. The van der Waals surface area contributed by atoms with Crippen molar-refractivity contribution in [3.63, 3.8) is 0 Å². The molecule has 0 amide bonds. The van der Waals surface area contributed by atoms with Gasteiger partial charge in [0.15, 0.2) is 0 Å². The summed E-state index contributed by atoms with van der Waals surface area (Å²) in [5, 5.41) is 2.92. The van der Waals surface area contributed by atoms with Crippen molar-refractivity contribution in [2.24, 2.45) is 0 Å². The molecule has 0 aliphatic rings. The number of benzene rings is 1. The Hall–Kier alpha value is -1.60. The second-order valence-electron chi connectivity index (χ2n) is 4.20. The van der Waals surface area contributed by atoms with Gasteiger partial charge < -0.3 is 10.1 Å². The third-order valence-electron chi connectivity index (χ3n) is 2.57. The minimum atomic E-state index is -3.43. The van der Waals surface area contributed by atoms with Crippen LogP contribution in [0.5, 0.6) is 0 Å². The maximum Gasteiger partial charge on any atom is 0.327 e. The summed E-state index contributed by atoms with van der Waals surface area (Å²) in [6, 6.07) is 5.69. The molecule has 1 atom stereocenters. The first-order valence-electron chi connectivity index (χ1n) is 5.66. The molecule has 0 aliphatic carbocycles. The standard InChI is InChI=1S/C12H18N2O4S/c1-9(12(15)18-4)13-10-5-7-11(8-6-10)19(16,17)14(2)3/h5-9,13H,1-4H3. The number of anilines is 1. The summed E-state index contributed by atoms with van der Waals surface area (Å²) in [4.78, 5) is 11.4. The maximum absolute atomic E-state index is 11.9. The van der Waals surface area contributed by atoms with Gasteiger partial charge in [-0.15, -0.1) is 0 Å². The zero-order valence-electron chi connectivity index (χ0n) is 11.4. The molecular formula is C12H18N2O4S. The summed E-state index contributed by atoms with van der Waals surface area (Å²) in [6.07, 6.45) is 0. The SMILES string of the molecule is COC(=O)C(C)Nc1ccc(S(=O)(=O)N(C)C)cc1. The van der Waals surface area contributed by atoms with Crippen LogP contribution in [0, 0.1) is 0 Å². The molecule has 19 heavy (non-hydrogen) atoms. The van der Waals surface area contributed by atoms with Crippen molar-refractivity contribution in [3.8, 4) is 0 Å². The smallest absolute Gasteiger partial charge is 0.327 e. The van der Waals surface area contributed by atoms with E-state index < -0.39 is 16.1 Å². The number of hydrogen-bond acceptors (Lipinski definition) is 5. The van der Waals surface area contributed by atoms with Crippen LogP contribution in [-0.2, 0) is 19.6 Å². The molecule has 0 aromatic heterocycles. The number of carbonyl (C=O) groups is 1. The van der Waals surface area contributed by atoms with Crippen molar-refractivity contribution in [1.82, 2.24) is 4.31 Å². The lowest BCUT2D eigenvalue weighted by Gasteiger charge is -2.14. The van der Waals surface area contributed by atoms with Crippen LogP contribution in [0.2, 0.25) is 0 Å². The van der Waals surface area contributed by atoms with Gasteiger partial charge in [-0.1, -0.05) is 0 Å². The Morgan fingerprint density at radius 3 is 2.21 bits per heavy atom. The lowest BCUT2D eigenvalue weighted by molar-refractivity contribution is -0.141. The second-order valence-corrected chi connectivity index (χ2v) is 6.35. The number of ether oxygens (including phenoxy) is 1. The number of nitrogens with zero attached hydrogens (tertiary/aromatic N) is 1. The molecule has 0 saturated carbocycles. The Morgan fingerprint density at radius 1 is 1.26 bits per heavy atom. The van der Waals surface area contributed by atoms with Crippen molar-refractivity contribution < 1.29 is 17.9 Å². The Kier molecular flexibility index (Phi) is 4.90. The van der Waals surface area contributed by atoms with Gasteiger partial charge in [0.1, 0.15) is 6.04 Å². The van der Waals surface area contributed by atoms with Crippen LogP contribution < -0.4 is 5.32 Å². The van der Waals surface area contributed by atoms with E-state index in [4.69, 9.17) is 0 Å². The molecule has 0 aliphatic heterocycles. The van der Waals surface area contributed by atoms with Gasteiger partial charge in [-0.25, -0.2) is 17.5 Å². The summed E-state index contributed by atoms with van der Waals surface area (Å²) >= 11 is 0. The Labute approximate surface area is 113 Å². The van der Waals surface area contributed by atoms with E-state index in [9.17, 15) is 13.2 Å². The van der Waals surface area contributed by atoms with Crippen LogP contribution in [0.15, 0.2) is 29.2 Å². The van der Waals surface area contributed by atoms with Crippen LogP contribution in [0.4, 0.5) is 5.69 Å². The molecule has 106 valence electrons. The number of rotatable bonds is 5. The lowest BCUT2D eigenvalue weighted by atomic mass is 10.2. The highest BCUT2D eigenvalue weighted by Crippen LogP contribution is 2.17. The van der Waals surface area contributed by atoms with Gasteiger partial charge in [0.05, 0.1) is 12.0 Å². The number of sulfonamides is 1. The molecule has 1 unspecified atom stereocenters. The first-order valence-corrected chi connectivity index (χ1v) is 7.10. The van der Waals surface area contributed by atoms with Crippen LogP contribution in [0.3, 0.4) is 0 Å². The van der Waals surface area contributed by atoms with Gasteiger partial charge >= 0.3 is 5.97 Å². The molecular weight excluding hydrogens is 268 g/mol. The van der Waals surface area contributed by atoms with Crippen LogP contribution in [0.1, 0.15) is 6.92 Å². The van der Waals surface area contributed by atoms with Crippen LogP contribution in [0.25, 0.3) is 0 Å². The highest BCUT2D eigenvalue weighted by atomic mass is 32.2. The van der Waals surface area contributed by atoms with Crippen molar-refractivity contribution in [2.45, 2.75) is 17.9 Å². The summed E-state index contributed by atoms with van der Waals surface area (Å²) < 4.78 is 29.4. The molecule has 0 heterocycles. The maximum atomic E-state index is 11.9. The highest BCUT2D eigenvalue weighted by molar-refractivity contribution is 7.89. The summed E-state index contributed by atoms with van der Waals surface area (Å²) in [6.45, 7) is 1.66. The zero-order chi connectivity index (χ0) is 14.6. The van der Waals surface area contributed by atoms with E-state index in [1.807, 2.05) is 0 Å². The number of hydrogen-bond donors (Lipinski definition) is 1. The number of esters is 1. The molecule has 0 radical (unpaired) electrons. The first-order chi connectivity index (χ1) is 8.78. The first kappa shape index (κ1) is 15.5. The molecule has 1 N–H and O–H groups in total. The molecule has 0 spiro atoms. The minimum Gasteiger partial charge on any atom is -0.467 e. The van der Waals surface area contributed by atoms with Crippen molar-refractivity contribution in [2.75, 3.05) is 26.5 Å². The topological polar surface area (TPSA) is 75.7 Å². The molecule has 6 nitrogen and oxygen atoms in total. The second kappa shape index (κ2) is 6.03. The molecule has 0 bridgehead atoms. The molecule has 1 aromatic rings. The highest BCUT2D eigenvalue weighted by Gasteiger charge is 2.17. The molecule has 1 aromatic carbocycles. The number of carbonyl (C=O) groups excluding carboxylic acids is 1. The monoisotopic (exact) mass is 286 g/mol. The normalized spacial score (nSPS) is 13.1. The molecule has 0 fully saturated rings.